The first-order valence-electron chi connectivity index (χ1n) is 9.54. The number of nitrogens with zero attached hydrogens (tertiary/aromatic N) is 6. The Morgan fingerprint density at radius 2 is 2.09 bits per heavy atom. The van der Waals surface area contributed by atoms with E-state index in [0.29, 0.717) is 17.9 Å². The Morgan fingerprint density at radius 3 is 2.76 bits per heavy atom. The molecule has 4 rings (SSSR count). The molecule has 0 aliphatic heterocycles. The van der Waals surface area contributed by atoms with Crippen molar-refractivity contribution in [3.05, 3.63) is 64.6 Å². The Kier molecular flexibility index (Phi) is 6.26. The van der Waals surface area contributed by atoms with Gasteiger partial charge in [0.15, 0.2) is 5.69 Å². The van der Waals surface area contributed by atoms with E-state index >= 15 is 0 Å². The summed E-state index contributed by atoms with van der Waals surface area (Å²) in [5, 5.41) is 19.1. The summed E-state index contributed by atoms with van der Waals surface area (Å²) >= 11 is 5.96. The molecule has 0 unspecified atom stereocenters. The molecule has 2 aromatic heterocycles. The fourth-order valence-corrected chi connectivity index (χ4v) is 3.11. The molecule has 0 atom stereocenters. The summed E-state index contributed by atoms with van der Waals surface area (Å²) in [6.07, 6.45) is 1.09. The molecule has 11 nitrogen and oxygen atoms in total. The Labute approximate surface area is 190 Å². The Balaban J connectivity index is 1.69. The van der Waals surface area contributed by atoms with E-state index in [4.69, 9.17) is 22.1 Å². The predicted octanol–water partition coefficient (Wildman–Crippen LogP) is 2.85. The molecular formula is C20H16ClFN8O3. The van der Waals surface area contributed by atoms with Crippen molar-refractivity contribution in [3.8, 4) is 22.8 Å². The molecule has 33 heavy (non-hydrogen) atoms. The van der Waals surface area contributed by atoms with Crippen LogP contribution in [0.4, 0.5) is 10.2 Å². The molecule has 2 heterocycles. The molecule has 0 aliphatic carbocycles. The van der Waals surface area contributed by atoms with Gasteiger partial charge in [0.05, 0.1) is 17.8 Å². The van der Waals surface area contributed by atoms with Crippen LogP contribution in [0, 0.1) is 5.82 Å². The first kappa shape index (κ1) is 21.9. The highest BCUT2D eigenvalue weighted by molar-refractivity contribution is 6.33. The number of carbonyl (C=O) groups is 1. The zero-order valence-electron chi connectivity index (χ0n) is 17.1. The average Bonchev–Trinajstić information content (AvgIpc) is 3.42. The fraction of sp³-hybridized carbons (Fsp3) is 0.100. The highest BCUT2D eigenvalue weighted by Crippen LogP contribution is 2.28. The summed E-state index contributed by atoms with van der Waals surface area (Å²) in [4.78, 5) is 12.9. The largest absolute Gasteiger partial charge is 0.494 e. The SMILES string of the molecule is CCOc1ccc(-c2c(C(=O)NN=Cc3c(F)cccc3Cl)nnn2-c2nonc2N)cc1. The topological polar surface area (TPSA) is 146 Å². The van der Waals surface area contributed by atoms with Crippen LogP contribution in [-0.4, -0.2) is 44.0 Å². The highest BCUT2D eigenvalue weighted by Gasteiger charge is 2.25. The van der Waals surface area contributed by atoms with Gasteiger partial charge >= 0.3 is 0 Å². The molecule has 168 valence electrons. The molecule has 4 aromatic rings. The molecule has 0 saturated carbocycles. The molecule has 3 N–H and O–H groups in total. The van der Waals surface area contributed by atoms with Crippen molar-refractivity contribution < 1.29 is 18.6 Å². The van der Waals surface area contributed by atoms with Gasteiger partial charge in [0.25, 0.3) is 5.91 Å². The molecule has 13 heteroatoms. The van der Waals surface area contributed by atoms with Crippen LogP contribution in [0.15, 0.2) is 52.2 Å². The predicted molar refractivity (Wildman–Crippen MR) is 117 cm³/mol. The van der Waals surface area contributed by atoms with Crippen molar-refractivity contribution in [2.45, 2.75) is 6.92 Å². The number of benzene rings is 2. The van der Waals surface area contributed by atoms with Crippen LogP contribution < -0.4 is 15.9 Å². The maximum Gasteiger partial charge on any atom is 0.294 e. The first-order chi connectivity index (χ1) is 16.0. The second-order valence-electron chi connectivity index (χ2n) is 6.46. The van der Waals surface area contributed by atoms with Crippen molar-refractivity contribution >= 4 is 29.5 Å². The van der Waals surface area contributed by atoms with Gasteiger partial charge in [-0.2, -0.15) is 9.78 Å². The van der Waals surface area contributed by atoms with E-state index in [1.807, 2.05) is 6.92 Å². The van der Waals surface area contributed by atoms with Gasteiger partial charge in [-0.3, -0.25) is 4.79 Å². The summed E-state index contributed by atoms with van der Waals surface area (Å²) in [6.45, 7) is 2.36. The minimum Gasteiger partial charge on any atom is -0.494 e. The number of nitrogen functional groups attached to an aromatic ring is 1. The number of rotatable bonds is 7. The smallest absolute Gasteiger partial charge is 0.294 e. The Hall–Kier alpha value is -4.32. The minimum absolute atomic E-state index is 0.0244. The molecule has 1 amide bonds. The van der Waals surface area contributed by atoms with Gasteiger partial charge in [0.1, 0.15) is 17.3 Å². The maximum atomic E-state index is 13.9. The normalized spacial score (nSPS) is 11.1. The number of hydrogen-bond donors (Lipinski definition) is 2. The number of nitrogens with one attached hydrogen (secondary N) is 1. The van der Waals surface area contributed by atoms with Gasteiger partial charge in [-0.25, -0.2) is 14.4 Å². The van der Waals surface area contributed by atoms with Gasteiger partial charge in [0, 0.05) is 11.1 Å². The van der Waals surface area contributed by atoms with Crippen molar-refractivity contribution in [1.82, 2.24) is 30.7 Å². The van der Waals surface area contributed by atoms with Crippen LogP contribution in [-0.2, 0) is 0 Å². The monoisotopic (exact) mass is 470 g/mol. The second-order valence-corrected chi connectivity index (χ2v) is 6.87. The third kappa shape index (κ3) is 4.50. The molecule has 0 bridgehead atoms. The van der Waals surface area contributed by atoms with Gasteiger partial charge < -0.3 is 10.5 Å². The van der Waals surface area contributed by atoms with E-state index in [1.54, 1.807) is 24.3 Å². The number of anilines is 1. The number of carbonyl (C=O) groups excluding carboxylic acids is 1. The zero-order valence-corrected chi connectivity index (χ0v) is 17.8. The van der Waals surface area contributed by atoms with E-state index in [1.165, 1.54) is 22.9 Å². The summed E-state index contributed by atoms with van der Waals surface area (Å²) in [5.41, 5.74) is 8.81. The summed E-state index contributed by atoms with van der Waals surface area (Å²) in [7, 11) is 0. The van der Waals surface area contributed by atoms with Crippen molar-refractivity contribution in [1.29, 1.82) is 0 Å². The number of hydrogen-bond acceptors (Lipinski definition) is 9. The number of hydrazone groups is 1. The van der Waals surface area contributed by atoms with E-state index in [0.717, 1.165) is 6.21 Å². The number of ether oxygens (including phenoxy) is 1. The van der Waals surface area contributed by atoms with Crippen molar-refractivity contribution in [2.75, 3.05) is 12.3 Å². The zero-order chi connectivity index (χ0) is 23.4. The second kappa shape index (κ2) is 9.44. The molecule has 0 spiro atoms. The standard InChI is InChI=1S/C20H16ClFN8O3/c1-2-32-12-8-6-11(7-9-12)17-16(25-29-30(17)19-18(23)27-33-28-19)20(31)26-24-10-13-14(21)4-3-5-15(13)22/h3-10H,2H2,1H3,(H2,23,27)(H,26,31). The van der Waals surface area contributed by atoms with Crippen LogP contribution in [0.2, 0.25) is 5.02 Å². The first-order valence-corrected chi connectivity index (χ1v) is 9.92. The molecular weight excluding hydrogens is 455 g/mol. The quantitative estimate of drug-likeness (QED) is 0.309. The van der Waals surface area contributed by atoms with Crippen molar-refractivity contribution in [3.63, 3.8) is 0 Å². The summed E-state index contributed by atoms with van der Waals surface area (Å²) in [5.74, 6) is -0.669. The molecule has 0 fully saturated rings. The maximum absolute atomic E-state index is 13.9. The highest BCUT2D eigenvalue weighted by atomic mass is 35.5. The number of aromatic nitrogens is 5. The molecule has 2 aromatic carbocycles. The van der Waals surface area contributed by atoms with Gasteiger partial charge in [-0.15, -0.1) is 5.10 Å². The van der Waals surface area contributed by atoms with E-state index in [-0.39, 0.29) is 33.6 Å². The number of halogens is 2. The molecule has 0 radical (unpaired) electrons. The van der Waals surface area contributed by atoms with Crippen LogP contribution >= 0.6 is 11.6 Å². The van der Waals surface area contributed by atoms with Gasteiger partial charge in [-0.1, -0.05) is 22.9 Å². The number of amides is 1. The Bertz CT molecular complexity index is 1300. The lowest BCUT2D eigenvalue weighted by molar-refractivity contribution is 0.0950. The lowest BCUT2D eigenvalue weighted by Gasteiger charge is -2.07. The molecule has 0 aliphatic rings. The van der Waals surface area contributed by atoms with E-state index in [2.05, 4.69) is 35.8 Å². The Morgan fingerprint density at radius 1 is 1.30 bits per heavy atom. The molecule has 0 saturated heterocycles. The van der Waals surface area contributed by atoms with Crippen LogP contribution in [0.25, 0.3) is 17.1 Å². The van der Waals surface area contributed by atoms with Crippen LogP contribution in [0.3, 0.4) is 0 Å². The number of nitrogens with two attached hydrogens (primary N) is 1. The fourth-order valence-electron chi connectivity index (χ4n) is 2.90. The summed E-state index contributed by atoms with van der Waals surface area (Å²) in [6, 6.07) is 11.0. The lowest BCUT2D eigenvalue weighted by atomic mass is 10.1. The summed E-state index contributed by atoms with van der Waals surface area (Å²) < 4.78 is 25.2. The third-order valence-corrected chi connectivity index (χ3v) is 4.71. The minimum atomic E-state index is -0.719. The van der Waals surface area contributed by atoms with Crippen LogP contribution in [0.1, 0.15) is 23.0 Å². The average molecular weight is 471 g/mol. The van der Waals surface area contributed by atoms with Gasteiger partial charge in [-0.05, 0) is 53.6 Å². The van der Waals surface area contributed by atoms with Crippen molar-refractivity contribution in [2.24, 2.45) is 5.10 Å². The van der Waals surface area contributed by atoms with E-state index < -0.39 is 11.7 Å². The van der Waals surface area contributed by atoms with E-state index in [9.17, 15) is 9.18 Å². The van der Waals surface area contributed by atoms with Gasteiger partial charge in [0.2, 0.25) is 11.6 Å². The third-order valence-electron chi connectivity index (χ3n) is 4.38. The van der Waals surface area contributed by atoms with Crippen LogP contribution in [0.5, 0.6) is 5.75 Å². The lowest BCUT2D eigenvalue weighted by Crippen LogP contribution is -2.19.